The number of pyridine rings is 1. The molecule has 0 aliphatic heterocycles. The predicted molar refractivity (Wildman–Crippen MR) is 87.6 cm³/mol. The first-order valence-corrected chi connectivity index (χ1v) is 7.80. The zero-order chi connectivity index (χ0) is 16.4. The predicted octanol–water partition coefficient (Wildman–Crippen LogP) is 4.21. The van der Waals surface area contributed by atoms with E-state index in [1.54, 1.807) is 12.1 Å². The lowest BCUT2D eigenvalue weighted by molar-refractivity contribution is 0.104. The molecule has 0 spiro atoms. The number of ether oxygens (including phenoxy) is 1. The lowest BCUT2D eigenvalue weighted by atomic mass is 10.0. The summed E-state index contributed by atoms with van der Waals surface area (Å²) in [5.74, 6) is 0.536. The molecule has 23 heavy (non-hydrogen) atoms. The first kappa shape index (κ1) is 15.5. The van der Waals surface area contributed by atoms with Crippen molar-refractivity contribution in [1.29, 1.82) is 5.26 Å². The standard InChI is InChI=1S/C18H15ClN2O2/c1-11-2-5-13(6-15(11)19)14-7-16(17(22)8-20)21-9-18(14)23-10-12-3-4-12/h2,5-7,9,12H,3-4,10H2,1H3. The van der Waals surface area contributed by atoms with Gasteiger partial charge in [0.15, 0.2) is 0 Å². The van der Waals surface area contributed by atoms with E-state index in [4.69, 9.17) is 21.6 Å². The number of rotatable bonds is 5. The van der Waals surface area contributed by atoms with Gasteiger partial charge in [-0.2, -0.15) is 5.26 Å². The maximum absolute atomic E-state index is 11.6. The van der Waals surface area contributed by atoms with Gasteiger partial charge in [-0.1, -0.05) is 23.7 Å². The third kappa shape index (κ3) is 3.52. The lowest BCUT2D eigenvalue weighted by Crippen LogP contribution is -2.04. The first-order valence-electron chi connectivity index (χ1n) is 7.42. The Morgan fingerprint density at radius 2 is 2.22 bits per heavy atom. The van der Waals surface area contributed by atoms with Gasteiger partial charge in [-0.25, -0.2) is 4.98 Å². The molecule has 1 aliphatic rings. The molecule has 4 nitrogen and oxygen atoms in total. The van der Waals surface area contributed by atoms with Crippen molar-refractivity contribution >= 4 is 17.4 Å². The van der Waals surface area contributed by atoms with Gasteiger partial charge in [-0.3, -0.25) is 4.79 Å². The fourth-order valence-electron chi connectivity index (χ4n) is 2.22. The summed E-state index contributed by atoms with van der Waals surface area (Å²) in [7, 11) is 0. The second kappa shape index (κ2) is 6.39. The molecule has 116 valence electrons. The number of hydrogen-bond donors (Lipinski definition) is 0. The number of aromatic nitrogens is 1. The number of benzene rings is 1. The van der Waals surface area contributed by atoms with Crippen molar-refractivity contribution in [3.05, 3.63) is 46.7 Å². The van der Waals surface area contributed by atoms with Crippen molar-refractivity contribution in [2.24, 2.45) is 5.92 Å². The molecule has 1 aromatic heterocycles. The minimum atomic E-state index is -0.668. The van der Waals surface area contributed by atoms with Crippen LogP contribution in [0.4, 0.5) is 0 Å². The molecule has 1 aliphatic carbocycles. The summed E-state index contributed by atoms with van der Waals surface area (Å²) in [5, 5.41) is 9.43. The Morgan fingerprint density at radius 1 is 1.43 bits per heavy atom. The number of ketones is 1. The second-order valence-corrected chi connectivity index (χ2v) is 6.13. The molecule has 5 heteroatoms. The van der Waals surface area contributed by atoms with Gasteiger partial charge >= 0.3 is 0 Å². The average molecular weight is 327 g/mol. The van der Waals surface area contributed by atoms with E-state index in [1.807, 2.05) is 25.1 Å². The van der Waals surface area contributed by atoms with Gasteiger partial charge in [-0.15, -0.1) is 0 Å². The van der Waals surface area contributed by atoms with E-state index in [-0.39, 0.29) is 5.69 Å². The number of nitriles is 1. The summed E-state index contributed by atoms with van der Waals surface area (Å²) in [4.78, 5) is 15.7. The molecule has 0 amide bonds. The van der Waals surface area contributed by atoms with Crippen LogP contribution in [-0.2, 0) is 0 Å². The highest BCUT2D eigenvalue weighted by Crippen LogP contribution is 2.35. The van der Waals surface area contributed by atoms with Crippen LogP contribution in [-0.4, -0.2) is 17.4 Å². The van der Waals surface area contributed by atoms with E-state index in [9.17, 15) is 4.79 Å². The van der Waals surface area contributed by atoms with Crippen LogP contribution in [0.1, 0.15) is 28.9 Å². The average Bonchev–Trinajstić information content (AvgIpc) is 3.39. The van der Waals surface area contributed by atoms with Crippen LogP contribution in [0, 0.1) is 24.2 Å². The first-order chi connectivity index (χ1) is 11.1. The highest BCUT2D eigenvalue weighted by molar-refractivity contribution is 6.31. The zero-order valence-corrected chi connectivity index (χ0v) is 13.4. The molecule has 2 aromatic rings. The number of aryl methyl sites for hydroxylation is 1. The van der Waals surface area contributed by atoms with Crippen LogP contribution >= 0.6 is 11.6 Å². The van der Waals surface area contributed by atoms with Crippen LogP contribution in [0.3, 0.4) is 0 Å². The Labute approximate surface area is 139 Å². The van der Waals surface area contributed by atoms with E-state index < -0.39 is 5.78 Å². The van der Waals surface area contributed by atoms with Crippen molar-refractivity contribution in [3.8, 4) is 22.9 Å². The SMILES string of the molecule is Cc1ccc(-c2cc(C(=O)C#N)ncc2OCC2CC2)cc1Cl. The Balaban J connectivity index is 2.02. The molecule has 0 unspecified atom stereocenters. The molecule has 0 N–H and O–H groups in total. The van der Waals surface area contributed by atoms with Gasteiger partial charge in [0.1, 0.15) is 17.5 Å². The summed E-state index contributed by atoms with van der Waals surface area (Å²) in [6.45, 7) is 2.56. The fourth-order valence-corrected chi connectivity index (χ4v) is 2.40. The molecule has 1 fully saturated rings. The van der Waals surface area contributed by atoms with Crippen LogP contribution < -0.4 is 4.74 Å². The van der Waals surface area contributed by atoms with Gasteiger partial charge in [0.05, 0.1) is 12.8 Å². The maximum Gasteiger partial charge on any atom is 0.280 e. The fraction of sp³-hybridized carbons (Fsp3) is 0.278. The molecular weight excluding hydrogens is 312 g/mol. The van der Waals surface area contributed by atoms with E-state index in [2.05, 4.69) is 4.98 Å². The number of halogens is 1. The van der Waals surface area contributed by atoms with Crippen LogP contribution in [0.15, 0.2) is 30.5 Å². The molecular formula is C18H15ClN2O2. The molecule has 1 saturated carbocycles. The number of carbonyl (C=O) groups excluding carboxylic acids is 1. The van der Waals surface area contributed by atoms with Gasteiger partial charge in [0.2, 0.25) is 0 Å². The largest absolute Gasteiger partial charge is 0.491 e. The minimum Gasteiger partial charge on any atom is -0.491 e. The van der Waals surface area contributed by atoms with Crippen LogP contribution in [0.5, 0.6) is 5.75 Å². The van der Waals surface area contributed by atoms with Crippen LogP contribution in [0.2, 0.25) is 5.02 Å². The van der Waals surface area contributed by atoms with Crippen molar-refractivity contribution in [2.75, 3.05) is 6.61 Å². The number of carbonyl (C=O) groups is 1. The Morgan fingerprint density at radius 3 is 2.87 bits per heavy atom. The molecule has 1 heterocycles. The highest BCUT2D eigenvalue weighted by atomic mass is 35.5. The summed E-state index contributed by atoms with van der Waals surface area (Å²) < 4.78 is 5.85. The number of Topliss-reactive ketones (excluding diaryl/α,β-unsaturated/α-hetero) is 1. The maximum atomic E-state index is 11.6. The summed E-state index contributed by atoms with van der Waals surface area (Å²) in [6.07, 6.45) is 3.88. The van der Waals surface area contributed by atoms with Crippen molar-refractivity contribution in [3.63, 3.8) is 0 Å². The Bertz CT molecular complexity index is 807. The lowest BCUT2D eigenvalue weighted by Gasteiger charge is -2.12. The quantitative estimate of drug-likeness (QED) is 0.610. The monoisotopic (exact) mass is 326 g/mol. The van der Waals surface area contributed by atoms with Crippen molar-refractivity contribution in [2.45, 2.75) is 19.8 Å². The van der Waals surface area contributed by atoms with E-state index in [0.717, 1.165) is 16.7 Å². The molecule has 0 atom stereocenters. The minimum absolute atomic E-state index is 0.109. The third-order valence-corrected chi connectivity index (χ3v) is 4.26. The topological polar surface area (TPSA) is 63.0 Å². The van der Waals surface area contributed by atoms with E-state index in [1.165, 1.54) is 19.0 Å². The van der Waals surface area contributed by atoms with Gasteiger partial charge in [0, 0.05) is 10.6 Å². The second-order valence-electron chi connectivity index (χ2n) is 5.72. The van der Waals surface area contributed by atoms with Crippen molar-refractivity contribution in [1.82, 2.24) is 4.98 Å². The van der Waals surface area contributed by atoms with Crippen LogP contribution in [0.25, 0.3) is 11.1 Å². The molecule has 0 bridgehead atoms. The number of nitrogens with zero attached hydrogens (tertiary/aromatic N) is 2. The summed E-state index contributed by atoms with van der Waals surface area (Å²) in [5.41, 5.74) is 2.64. The summed E-state index contributed by atoms with van der Waals surface area (Å²) in [6, 6.07) is 8.84. The smallest absolute Gasteiger partial charge is 0.280 e. The van der Waals surface area contributed by atoms with Gasteiger partial charge in [0.25, 0.3) is 5.78 Å². The third-order valence-electron chi connectivity index (χ3n) is 3.86. The molecule has 1 aromatic carbocycles. The zero-order valence-electron chi connectivity index (χ0n) is 12.7. The number of hydrogen-bond acceptors (Lipinski definition) is 4. The van der Waals surface area contributed by atoms with E-state index in [0.29, 0.717) is 23.3 Å². The van der Waals surface area contributed by atoms with Crippen molar-refractivity contribution < 1.29 is 9.53 Å². The van der Waals surface area contributed by atoms with Gasteiger partial charge < -0.3 is 4.74 Å². The molecule has 0 radical (unpaired) electrons. The Kier molecular flexibility index (Phi) is 4.31. The molecule has 0 saturated heterocycles. The van der Waals surface area contributed by atoms with E-state index >= 15 is 0 Å². The Hall–Kier alpha value is -2.38. The normalized spacial score (nSPS) is 13.4. The summed E-state index contributed by atoms with van der Waals surface area (Å²) >= 11 is 6.21. The molecule has 3 rings (SSSR count). The van der Waals surface area contributed by atoms with Gasteiger partial charge in [-0.05, 0) is 48.9 Å². The highest BCUT2D eigenvalue weighted by Gasteiger charge is 2.23.